The van der Waals surface area contributed by atoms with Crippen molar-refractivity contribution in [3.63, 3.8) is 0 Å². The van der Waals surface area contributed by atoms with Gasteiger partial charge in [-0.3, -0.25) is 0 Å². The highest BCUT2D eigenvalue weighted by Crippen LogP contribution is 2.16. The van der Waals surface area contributed by atoms with E-state index in [1.165, 1.54) is 12.3 Å². The molecular weight excluding hydrogens is 246 g/mol. The lowest BCUT2D eigenvalue weighted by atomic mass is 10.1. The van der Waals surface area contributed by atoms with Crippen LogP contribution >= 0.6 is 0 Å². The van der Waals surface area contributed by atoms with Crippen LogP contribution in [0.3, 0.4) is 0 Å². The van der Waals surface area contributed by atoms with Crippen LogP contribution in [0, 0.1) is 13.8 Å². The van der Waals surface area contributed by atoms with Crippen molar-refractivity contribution in [2.45, 2.75) is 24.6 Å². The lowest BCUT2D eigenvalue weighted by Gasteiger charge is -2.06. The summed E-state index contributed by atoms with van der Waals surface area (Å²) in [6, 6.07) is 10.7. The summed E-state index contributed by atoms with van der Waals surface area (Å²) in [6.07, 6.45) is 1.49. The van der Waals surface area contributed by atoms with Gasteiger partial charge in [-0.15, -0.1) is 0 Å². The second-order valence-electron chi connectivity index (χ2n) is 4.42. The van der Waals surface area contributed by atoms with Crippen LogP contribution in [0.2, 0.25) is 0 Å². The predicted octanol–water partition coefficient (Wildman–Crippen LogP) is 2.67. The molecule has 0 radical (unpaired) electrons. The van der Waals surface area contributed by atoms with Gasteiger partial charge in [-0.05, 0) is 31.5 Å². The van der Waals surface area contributed by atoms with Crippen LogP contribution in [0.4, 0.5) is 0 Å². The Morgan fingerprint density at radius 1 is 1.06 bits per heavy atom. The monoisotopic (exact) mass is 261 g/mol. The Hall–Kier alpha value is -1.68. The Balaban J connectivity index is 2.34. The minimum Gasteiger partial charge on any atom is -0.245 e. The van der Waals surface area contributed by atoms with Gasteiger partial charge in [-0.1, -0.05) is 35.4 Å². The summed E-state index contributed by atoms with van der Waals surface area (Å²) in [6.45, 7) is 3.92. The minimum atomic E-state index is -3.36. The number of pyridine rings is 1. The number of hydrogen-bond acceptors (Lipinski definition) is 3. The standard InChI is InChI=1S/C14H15NO2S/c1-11-7-12(2)9-13(8-11)10-18(16,17)14-5-3-4-6-15-14/h3-9H,10H2,1-2H3. The zero-order valence-electron chi connectivity index (χ0n) is 10.4. The number of sulfone groups is 1. The third kappa shape index (κ3) is 2.96. The first-order chi connectivity index (χ1) is 8.47. The van der Waals surface area contributed by atoms with Crippen molar-refractivity contribution < 1.29 is 8.42 Å². The number of benzene rings is 1. The molecule has 2 rings (SSSR count). The fourth-order valence-corrected chi connectivity index (χ4v) is 3.24. The van der Waals surface area contributed by atoms with E-state index in [1.54, 1.807) is 12.1 Å². The topological polar surface area (TPSA) is 47.0 Å². The van der Waals surface area contributed by atoms with Crippen LogP contribution in [0.25, 0.3) is 0 Å². The molecule has 0 aliphatic heterocycles. The van der Waals surface area contributed by atoms with Gasteiger partial charge in [0.25, 0.3) is 0 Å². The molecule has 18 heavy (non-hydrogen) atoms. The Morgan fingerprint density at radius 3 is 2.28 bits per heavy atom. The molecule has 0 amide bonds. The maximum Gasteiger partial charge on any atom is 0.199 e. The smallest absolute Gasteiger partial charge is 0.199 e. The lowest BCUT2D eigenvalue weighted by Crippen LogP contribution is -2.07. The normalized spacial score (nSPS) is 11.4. The molecule has 0 aliphatic rings. The third-order valence-corrected chi connectivity index (χ3v) is 4.19. The quantitative estimate of drug-likeness (QED) is 0.853. The van der Waals surface area contributed by atoms with Gasteiger partial charge in [0.05, 0.1) is 5.75 Å². The maximum absolute atomic E-state index is 12.2. The zero-order chi connectivity index (χ0) is 13.2. The van der Waals surface area contributed by atoms with Gasteiger partial charge in [0.1, 0.15) is 0 Å². The van der Waals surface area contributed by atoms with E-state index in [9.17, 15) is 8.42 Å². The van der Waals surface area contributed by atoms with Crippen LogP contribution in [0.15, 0.2) is 47.6 Å². The summed E-state index contributed by atoms with van der Waals surface area (Å²) in [7, 11) is -3.36. The van der Waals surface area contributed by atoms with E-state index < -0.39 is 9.84 Å². The Bertz CT molecular complexity index is 628. The zero-order valence-corrected chi connectivity index (χ0v) is 11.2. The Labute approximate surface area is 107 Å². The summed E-state index contributed by atoms with van der Waals surface area (Å²) in [5, 5.41) is 0.129. The van der Waals surface area contributed by atoms with Gasteiger partial charge >= 0.3 is 0 Å². The largest absolute Gasteiger partial charge is 0.245 e. The number of hydrogen-bond donors (Lipinski definition) is 0. The molecule has 0 aliphatic carbocycles. The Morgan fingerprint density at radius 2 is 1.72 bits per heavy atom. The van der Waals surface area contributed by atoms with Gasteiger partial charge in [0.2, 0.25) is 0 Å². The molecule has 0 fully saturated rings. The number of nitrogens with zero attached hydrogens (tertiary/aromatic N) is 1. The second-order valence-corrected chi connectivity index (χ2v) is 6.36. The summed E-state index contributed by atoms with van der Waals surface area (Å²) in [5.41, 5.74) is 2.94. The van der Waals surface area contributed by atoms with E-state index in [1.807, 2.05) is 32.0 Å². The second kappa shape index (κ2) is 4.90. The van der Waals surface area contributed by atoms with Crippen molar-refractivity contribution in [3.05, 3.63) is 59.3 Å². The predicted molar refractivity (Wildman–Crippen MR) is 71.0 cm³/mol. The van der Waals surface area contributed by atoms with Gasteiger partial charge in [-0.25, -0.2) is 13.4 Å². The average Bonchev–Trinajstić information content (AvgIpc) is 2.28. The molecule has 94 valence electrons. The molecule has 0 unspecified atom stereocenters. The molecule has 1 heterocycles. The fourth-order valence-electron chi connectivity index (χ4n) is 1.98. The SMILES string of the molecule is Cc1cc(C)cc(CS(=O)(=O)c2ccccn2)c1. The van der Waals surface area contributed by atoms with E-state index in [2.05, 4.69) is 4.98 Å². The fraction of sp³-hybridized carbons (Fsp3) is 0.214. The van der Waals surface area contributed by atoms with Crippen molar-refractivity contribution >= 4 is 9.84 Å². The van der Waals surface area contributed by atoms with E-state index in [-0.39, 0.29) is 10.8 Å². The first-order valence-electron chi connectivity index (χ1n) is 5.68. The summed E-state index contributed by atoms with van der Waals surface area (Å²) >= 11 is 0. The number of aryl methyl sites for hydroxylation is 2. The van der Waals surface area contributed by atoms with Gasteiger partial charge in [-0.2, -0.15) is 0 Å². The molecule has 0 spiro atoms. The molecule has 0 saturated heterocycles. The first kappa shape index (κ1) is 12.8. The molecule has 1 aromatic carbocycles. The van der Waals surface area contributed by atoms with E-state index in [0.717, 1.165) is 16.7 Å². The molecule has 0 bridgehead atoms. The van der Waals surface area contributed by atoms with E-state index in [0.29, 0.717) is 0 Å². The molecule has 0 saturated carbocycles. The van der Waals surface area contributed by atoms with Gasteiger partial charge in [0.15, 0.2) is 14.9 Å². The van der Waals surface area contributed by atoms with Crippen molar-refractivity contribution in [1.29, 1.82) is 0 Å². The molecule has 1 aromatic heterocycles. The highest BCUT2D eigenvalue weighted by molar-refractivity contribution is 7.90. The molecule has 3 nitrogen and oxygen atoms in total. The lowest BCUT2D eigenvalue weighted by molar-refractivity contribution is 0.591. The highest BCUT2D eigenvalue weighted by Gasteiger charge is 2.16. The van der Waals surface area contributed by atoms with Crippen LogP contribution in [-0.2, 0) is 15.6 Å². The van der Waals surface area contributed by atoms with Crippen molar-refractivity contribution in [2.75, 3.05) is 0 Å². The first-order valence-corrected chi connectivity index (χ1v) is 7.33. The average molecular weight is 261 g/mol. The summed E-state index contributed by atoms with van der Waals surface area (Å²) in [5.74, 6) is -0.00741. The molecule has 0 atom stereocenters. The third-order valence-electron chi connectivity index (χ3n) is 2.59. The van der Waals surface area contributed by atoms with Crippen molar-refractivity contribution in [3.8, 4) is 0 Å². The van der Waals surface area contributed by atoms with Crippen molar-refractivity contribution in [2.24, 2.45) is 0 Å². The van der Waals surface area contributed by atoms with Crippen LogP contribution in [-0.4, -0.2) is 13.4 Å². The molecular formula is C14H15NO2S. The molecule has 4 heteroatoms. The van der Waals surface area contributed by atoms with Crippen LogP contribution in [0.5, 0.6) is 0 Å². The van der Waals surface area contributed by atoms with Crippen LogP contribution in [0.1, 0.15) is 16.7 Å². The van der Waals surface area contributed by atoms with Gasteiger partial charge in [0, 0.05) is 6.20 Å². The molecule has 0 N–H and O–H groups in total. The van der Waals surface area contributed by atoms with E-state index >= 15 is 0 Å². The Kier molecular flexibility index (Phi) is 3.48. The summed E-state index contributed by atoms with van der Waals surface area (Å²) < 4.78 is 24.3. The van der Waals surface area contributed by atoms with Crippen LogP contribution < -0.4 is 0 Å². The van der Waals surface area contributed by atoms with Crippen molar-refractivity contribution in [1.82, 2.24) is 4.98 Å². The molecule has 2 aromatic rings. The summed E-state index contributed by atoms with van der Waals surface area (Å²) in [4.78, 5) is 3.90. The number of rotatable bonds is 3. The number of aromatic nitrogens is 1. The highest BCUT2D eigenvalue weighted by atomic mass is 32.2. The van der Waals surface area contributed by atoms with Gasteiger partial charge < -0.3 is 0 Å². The maximum atomic E-state index is 12.2. The van der Waals surface area contributed by atoms with E-state index in [4.69, 9.17) is 0 Å². The minimum absolute atomic E-state index is 0.00741.